The predicted molar refractivity (Wildman–Crippen MR) is 109 cm³/mol. The highest BCUT2D eigenvalue weighted by Gasteiger charge is 2.25. The Balaban J connectivity index is 1.49. The van der Waals surface area contributed by atoms with Gasteiger partial charge in [0.2, 0.25) is 0 Å². The second-order valence-electron chi connectivity index (χ2n) is 7.65. The van der Waals surface area contributed by atoms with Gasteiger partial charge in [0.05, 0.1) is 11.7 Å². The number of anilines is 1. The van der Waals surface area contributed by atoms with Crippen molar-refractivity contribution >= 4 is 5.82 Å². The third kappa shape index (κ3) is 3.85. The van der Waals surface area contributed by atoms with Crippen LogP contribution in [0.2, 0.25) is 0 Å². The summed E-state index contributed by atoms with van der Waals surface area (Å²) in [7, 11) is 1.71. The van der Waals surface area contributed by atoms with Gasteiger partial charge in [0.25, 0.3) is 11.1 Å². The van der Waals surface area contributed by atoms with Crippen molar-refractivity contribution in [1.82, 2.24) is 29.1 Å². The van der Waals surface area contributed by atoms with Gasteiger partial charge >= 0.3 is 0 Å². The number of nitrogens with zero attached hydrogens (tertiary/aromatic N) is 6. The van der Waals surface area contributed by atoms with Gasteiger partial charge in [-0.15, -0.1) is 5.10 Å². The van der Waals surface area contributed by atoms with Crippen LogP contribution in [-0.2, 0) is 7.05 Å². The Morgan fingerprint density at radius 1 is 1.07 bits per heavy atom. The lowest BCUT2D eigenvalue weighted by Gasteiger charge is -2.29. The Labute approximate surface area is 168 Å². The van der Waals surface area contributed by atoms with E-state index in [2.05, 4.69) is 20.5 Å². The zero-order valence-corrected chi connectivity index (χ0v) is 16.9. The van der Waals surface area contributed by atoms with Crippen molar-refractivity contribution in [3.8, 4) is 5.82 Å². The highest BCUT2D eigenvalue weighted by molar-refractivity contribution is 5.32. The molecule has 9 heteroatoms. The number of aromatic nitrogens is 6. The molecule has 1 aliphatic carbocycles. The smallest absolute Gasteiger partial charge is 0.293 e. The highest BCUT2D eigenvalue weighted by Crippen LogP contribution is 2.28. The second kappa shape index (κ2) is 7.65. The van der Waals surface area contributed by atoms with Crippen LogP contribution >= 0.6 is 0 Å². The number of hydrogen-bond donors (Lipinski definition) is 1. The molecule has 0 atom stereocenters. The summed E-state index contributed by atoms with van der Waals surface area (Å²) in [5.41, 5.74) is 1.65. The van der Waals surface area contributed by atoms with Crippen molar-refractivity contribution in [2.75, 3.05) is 5.32 Å². The molecule has 0 bridgehead atoms. The molecule has 3 aromatic heterocycles. The Morgan fingerprint density at radius 3 is 2.52 bits per heavy atom. The van der Waals surface area contributed by atoms with Gasteiger partial charge in [-0.3, -0.25) is 9.59 Å². The Morgan fingerprint density at radius 2 is 1.83 bits per heavy atom. The van der Waals surface area contributed by atoms with E-state index in [4.69, 9.17) is 0 Å². The van der Waals surface area contributed by atoms with E-state index in [1.807, 2.05) is 19.9 Å². The average Bonchev–Trinajstić information content (AvgIpc) is 3.05. The van der Waals surface area contributed by atoms with Gasteiger partial charge in [0, 0.05) is 37.2 Å². The van der Waals surface area contributed by atoms with E-state index >= 15 is 0 Å². The lowest BCUT2D eigenvalue weighted by molar-refractivity contribution is 0.302. The third-order valence-electron chi connectivity index (χ3n) is 5.44. The van der Waals surface area contributed by atoms with Crippen molar-refractivity contribution in [3.05, 3.63) is 62.7 Å². The number of nitrogens with one attached hydrogen (secondary N) is 1. The van der Waals surface area contributed by atoms with Crippen LogP contribution in [0.1, 0.15) is 43.1 Å². The van der Waals surface area contributed by atoms with E-state index in [0.29, 0.717) is 11.6 Å². The van der Waals surface area contributed by atoms with E-state index in [9.17, 15) is 9.59 Å². The van der Waals surface area contributed by atoms with Gasteiger partial charge in [-0.2, -0.15) is 5.10 Å². The van der Waals surface area contributed by atoms with Crippen molar-refractivity contribution in [3.63, 3.8) is 0 Å². The lowest BCUT2D eigenvalue weighted by atomic mass is 9.91. The van der Waals surface area contributed by atoms with E-state index in [1.165, 1.54) is 4.57 Å². The molecular formula is C20H25N7O2. The van der Waals surface area contributed by atoms with E-state index in [1.54, 1.807) is 40.9 Å². The van der Waals surface area contributed by atoms with Gasteiger partial charge in [-0.05, 0) is 51.7 Å². The van der Waals surface area contributed by atoms with Crippen LogP contribution < -0.4 is 16.4 Å². The van der Waals surface area contributed by atoms with Gasteiger partial charge in [0.1, 0.15) is 0 Å². The van der Waals surface area contributed by atoms with E-state index < -0.39 is 0 Å². The topological polar surface area (TPSA) is 99.6 Å². The number of rotatable bonds is 4. The molecule has 1 saturated carbocycles. The number of hydrogen-bond acceptors (Lipinski definition) is 6. The standard InChI is InChI=1S/C20H25N7O2/c1-13-12-14(2)26(23-13)17-8-9-18(28)27(24-17)16-6-4-15(5-7-16)22-19-20(29)25(3)11-10-21-19/h8-12,15-16H,4-7H2,1-3H3,(H,21,22). The first-order valence-electron chi connectivity index (χ1n) is 9.84. The molecule has 152 valence electrons. The summed E-state index contributed by atoms with van der Waals surface area (Å²) in [6, 6.07) is 5.44. The summed E-state index contributed by atoms with van der Waals surface area (Å²) >= 11 is 0. The summed E-state index contributed by atoms with van der Waals surface area (Å²) < 4.78 is 4.85. The molecule has 0 aliphatic heterocycles. The normalized spacial score (nSPS) is 19.3. The van der Waals surface area contributed by atoms with E-state index in [-0.39, 0.29) is 23.2 Å². The van der Waals surface area contributed by atoms with Crippen LogP contribution in [0, 0.1) is 13.8 Å². The molecule has 1 aliphatic rings. The van der Waals surface area contributed by atoms with Crippen LogP contribution in [0.25, 0.3) is 5.82 Å². The summed E-state index contributed by atoms with van der Waals surface area (Å²) in [6.45, 7) is 3.90. The summed E-state index contributed by atoms with van der Waals surface area (Å²) in [5, 5.41) is 12.3. The molecule has 9 nitrogen and oxygen atoms in total. The Hall–Kier alpha value is -3.23. The minimum Gasteiger partial charge on any atom is -0.363 e. The molecule has 0 spiro atoms. The van der Waals surface area contributed by atoms with Crippen molar-refractivity contribution in [2.45, 2.75) is 51.6 Å². The van der Waals surface area contributed by atoms with Crippen molar-refractivity contribution < 1.29 is 0 Å². The van der Waals surface area contributed by atoms with Crippen molar-refractivity contribution in [1.29, 1.82) is 0 Å². The zero-order chi connectivity index (χ0) is 20.5. The molecule has 0 aromatic carbocycles. The van der Waals surface area contributed by atoms with Gasteiger partial charge in [0.15, 0.2) is 11.6 Å². The molecule has 4 rings (SSSR count). The van der Waals surface area contributed by atoms with E-state index in [0.717, 1.165) is 37.1 Å². The van der Waals surface area contributed by atoms with Crippen LogP contribution in [0.5, 0.6) is 0 Å². The fourth-order valence-electron chi connectivity index (χ4n) is 3.91. The first-order valence-corrected chi connectivity index (χ1v) is 9.84. The molecule has 3 heterocycles. The zero-order valence-electron chi connectivity index (χ0n) is 16.9. The summed E-state index contributed by atoms with van der Waals surface area (Å²) in [4.78, 5) is 28.8. The molecule has 0 unspecified atom stereocenters. The molecule has 0 amide bonds. The SMILES string of the molecule is Cc1cc(C)n(-c2ccc(=O)n(C3CCC(Nc4nccn(C)c4=O)CC3)n2)n1. The van der Waals surface area contributed by atoms with Crippen LogP contribution in [-0.4, -0.2) is 35.2 Å². The van der Waals surface area contributed by atoms with Crippen LogP contribution in [0.4, 0.5) is 5.82 Å². The lowest BCUT2D eigenvalue weighted by Crippen LogP contribution is -2.35. The molecule has 1 N–H and O–H groups in total. The monoisotopic (exact) mass is 395 g/mol. The largest absolute Gasteiger partial charge is 0.363 e. The van der Waals surface area contributed by atoms with Crippen LogP contribution in [0.15, 0.2) is 40.2 Å². The molecular weight excluding hydrogens is 370 g/mol. The highest BCUT2D eigenvalue weighted by atomic mass is 16.1. The molecule has 3 aromatic rings. The Kier molecular flexibility index (Phi) is 5.04. The quantitative estimate of drug-likeness (QED) is 0.722. The fourth-order valence-corrected chi connectivity index (χ4v) is 3.91. The maximum absolute atomic E-state index is 12.4. The van der Waals surface area contributed by atoms with Crippen molar-refractivity contribution in [2.24, 2.45) is 7.05 Å². The molecule has 29 heavy (non-hydrogen) atoms. The van der Waals surface area contributed by atoms with Crippen LogP contribution in [0.3, 0.4) is 0 Å². The predicted octanol–water partition coefficient (Wildman–Crippen LogP) is 1.74. The summed E-state index contributed by atoms with van der Waals surface area (Å²) in [5.74, 6) is 1.02. The second-order valence-corrected chi connectivity index (χ2v) is 7.65. The van der Waals surface area contributed by atoms with Gasteiger partial charge in [-0.25, -0.2) is 14.3 Å². The maximum Gasteiger partial charge on any atom is 0.293 e. The molecule has 0 radical (unpaired) electrons. The summed E-state index contributed by atoms with van der Waals surface area (Å²) in [6.07, 6.45) is 6.53. The third-order valence-corrected chi connectivity index (χ3v) is 5.44. The minimum atomic E-state index is -0.134. The van der Waals surface area contributed by atoms with Gasteiger partial charge in [-0.1, -0.05) is 0 Å². The first kappa shape index (κ1) is 19.1. The molecule has 1 fully saturated rings. The first-order chi connectivity index (χ1) is 13.9. The van der Waals surface area contributed by atoms with Gasteiger partial charge < -0.3 is 9.88 Å². The number of aryl methyl sites for hydroxylation is 3. The average molecular weight is 395 g/mol. The fraction of sp³-hybridized carbons (Fsp3) is 0.450. The molecule has 0 saturated heterocycles. The minimum absolute atomic E-state index is 0.0315. The maximum atomic E-state index is 12.4. The Bertz CT molecular complexity index is 1140.